The first kappa shape index (κ1) is 15.7. The van der Waals surface area contributed by atoms with Crippen molar-refractivity contribution >= 4 is 23.2 Å². The van der Waals surface area contributed by atoms with Crippen LogP contribution in [0.1, 0.15) is 47.3 Å². The fourth-order valence-corrected chi connectivity index (χ4v) is 2.64. The fourth-order valence-electron chi connectivity index (χ4n) is 1.71. The van der Waals surface area contributed by atoms with Crippen LogP contribution in [0.4, 0.5) is 0 Å². The van der Waals surface area contributed by atoms with E-state index in [-0.39, 0.29) is 18.2 Å². The van der Waals surface area contributed by atoms with Crippen LogP contribution < -0.4 is 5.32 Å². The van der Waals surface area contributed by atoms with Crippen molar-refractivity contribution in [3.63, 3.8) is 0 Å². The number of rotatable bonds is 5. The minimum atomic E-state index is -0.907. The summed E-state index contributed by atoms with van der Waals surface area (Å²) in [6.07, 6.45) is -0.0836. The first-order valence-corrected chi connectivity index (χ1v) is 7.08. The molecular formula is C14H21NO3S. The number of amides is 1. The molecule has 2 N–H and O–H groups in total. The molecule has 1 aromatic rings. The van der Waals surface area contributed by atoms with Crippen molar-refractivity contribution < 1.29 is 14.7 Å². The number of thiophene rings is 1. The number of carboxylic acid groups (broad SMARTS) is 1. The molecule has 19 heavy (non-hydrogen) atoms. The lowest BCUT2D eigenvalue weighted by Gasteiger charge is -2.33. The average Bonchev–Trinajstić information content (AvgIpc) is 2.57. The first-order valence-electron chi connectivity index (χ1n) is 6.27. The van der Waals surface area contributed by atoms with E-state index in [1.807, 2.05) is 33.8 Å². The van der Waals surface area contributed by atoms with Crippen LogP contribution in [-0.2, 0) is 4.79 Å². The van der Waals surface area contributed by atoms with E-state index in [0.717, 1.165) is 10.4 Å². The van der Waals surface area contributed by atoms with Gasteiger partial charge in [-0.1, -0.05) is 13.8 Å². The van der Waals surface area contributed by atoms with Crippen LogP contribution in [-0.4, -0.2) is 22.5 Å². The Morgan fingerprint density at radius 2 is 2.00 bits per heavy atom. The smallest absolute Gasteiger partial charge is 0.305 e. The molecule has 106 valence electrons. The lowest BCUT2D eigenvalue weighted by Crippen LogP contribution is -2.51. The summed E-state index contributed by atoms with van der Waals surface area (Å²) in [6.45, 7) is 9.52. The Balaban J connectivity index is 2.91. The molecule has 0 aliphatic rings. The number of carboxylic acids is 1. The Morgan fingerprint density at radius 3 is 2.37 bits per heavy atom. The minimum absolute atomic E-state index is 0.0368. The molecule has 0 spiro atoms. The van der Waals surface area contributed by atoms with Crippen molar-refractivity contribution in [2.75, 3.05) is 0 Å². The maximum Gasteiger partial charge on any atom is 0.305 e. The summed E-state index contributed by atoms with van der Waals surface area (Å²) >= 11 is 1.43. The van der Waals surface area contributed by atoms with Crippen LogP contribution in [0.5, 0.6) is 0 Å². The van der Waals surface area contributed by atoms with Crippen LogP contribution in [0.15, 0.2) is 6.07 Å². The predicted molar refractivity (Wildman–Crippen MR) is 76.8 cm³/mol. The number of nitrogens with one attached hydrogen (secondary N) is 1. The van der Waals surface area contributed by atoms with Crippen molar-refractivity contribution in [3.05, 3.63) is 21.4 Å². The summed E-state index contributed by atoms with van der Waals surface area (Å²) in [6, 6.07) is 1.84. The zero-order valence-electron chi connectivity index (χ0n) is 12.0. The van der Waals surface area contributed by atoms with Crippen LogP contribution in [0.25, 0.3) is 0 Å². The Bertz CT molecular complexity index is 473. The maximum atomic E-state index is 12.2. The molecule has 5 heteroatoms. The molecule has 0 aliphatic carbocycles. The normalized spacial score (nSPS) is 14.2. The average molecular weight is 283 g/mol. The van der Waals surface area contributed by atoms with E-state index in [1.165, 1.54) is 11.3 Å². The van der Waals surface area contributed by atoms with E-state index in [4.69, 9.17) is 5.11 Å². The molecule has 0 aromatic carbocycles. The van der Waals surface area contributed by atoms with Crippen molar-refractivity contribution in [1.29, 1.82) is 0 Å². The number of carbonyl (C=O) groups is 2. The van der Waals surface area contributed by atoms with Crippen LogP contribution in [0.3, 0.4) is 0 Å². The minimum Gasteiger partial charge on any atom is -0.481 e. The highest BCUT2D eigenvalue weighted by atomic mass is 32.1. The monoisotopic (exact) mass is 283 g/mol. The van der Waals surface area contributed by atoms with Crippen LogP contribution >= 0.6 is 11.3 Å². The quantitative estimate of drug-likeness (QED) is 0.873. The van der Waals surface area contributed by atoms with E-state index in [0.29, 0.717) is 4.88 Å². The molecule has 0 bridgehead atoms. The number of aryl methyl sites for hydroxylation is 2. The number of aliphatic carboxylic acids is 1. The third-order valence-corrected chi connectivity index (χ3v) is 4.73. The highest BCUT2D eigenvalue weighted by Crippen LogP contribution is 2.24. The SMILES string of the molecule is Cc1cc(C(=O)NC(C)(CC(=O)O)C(C)C)sc1C. The zero-order chi connectivity index (χ0) is 14.8. The summed E-state index contributed by atoms with van der Waals surface area (Å²) in [5.41, 5.74) is 0.342. The number of hydrogen-bond acceptors (Lipinski definition) is 3. The van der Waals surface area contributed by atoms with Gasteiger partial charge in [0.2, 0.25) is 0 Å². The van der Waals surface area contributed by atoms with E-state index in [1.54, 1.807) is 6.92 Å². The molecule has 1 atom stereocenters. The molecular weight excluding hydrogens is 262 g/mol. The topological polar surface area (TPSA) is 66.4 Å². The lowest BCUT2D eigenvalue weighted by atomic mass is 9.85. The third-order valence-electron chi connectivity index (χ3n) is 3.58. The van der Waals surface area contributed by atoms with Gasteiger partial charge in [-0.05, 0) is 38.3 Å². The molecule has 1 heterocycles. The summed E-state index contributed by atoms with van der Waals surface area (Å²) < 4.78 is 0. The van der Waals surface area contributed by atoms with Crippen LogP contribution in [0, 0.1) is 19.8 Å². The van der Waals surface area contributed by atoms with Gasteiger partial charge < -0.3 is 10.4 Å². The van der Waals surface area contributed by atoms with Gasteiger partial charge in [0.15, 0.2) is 0 Å². The maximum absolute atomic E-state index is 12.2. The van der Waals surface area contributed by atoms with E-state index >= 15 is 0 Å². The predicted octanol–water partition coefficient (Wildman–Crippen LogP) is 2.98. The highest BCUT2D eigenvalue weighted by Gasteiger charge is 2.33. The second-order valence-corrected chi connectivity index (χ2v) is 6.70. The van der Waals surface area contributed by atoms with Gasteiger partial charge in [0.1, 0.15) is 0 Å². The Hall–Kier alpha value is -1.36. The number of hydrogen-bond donors (Lipinski definition) is 2. The van der Waals surface area contributed by atoms with E-state index < -0.39 is 11.5 Å². The Labute approximate surface area is 117 Å². The number of carbonyl (C=O) groups excluding carboxylic acids is 1. The highest BCUT2D eigenvalue weighted by molar-refractivity contribution is 7.14. The summed E-state index contributed by atoms with van der Waals surface area (Å²) in [7, 11) is 0. The molecule has 0 aliphatic heterocycles. The van der Waals surface area contributed by atoms with Crippen molar-refractivity contribution in [3.8, 4) is 0 Å². The van der Waals surface area contributed by atoms with E-state index in [2.05, 4.69) is 5.32 Å². The fraction of sp³-hybridized carbons (Fsp3) is 0.571. The molecule has 0 saturated carbocycles. The van der Waals surface area contributed by atoms with Crippen molar-refractivity contribution in [2.45, 2.75) is 46.6 Å². The standard InChI is InChI=1S/C14H21NO3S/c1-8(2)14(5,7-12(16)17)15-13(18)11-6-9(3)10(4)19-11/h6,8H,7H2,1-5H3,(H,15,18)(H,16,17). The molecule has 1 unspecified atom stereocenters. The summed E-state index contributed by atoms with van der Waals surface area (Å²) in [5.74, 6) is -1.07. The van der Waals surface area contributed by atoms with Gasteiger partial charge in [-0.2, -0.15) is 0 Å². The molecule has 0 fully saturated rings. The summed E-state index contributed by atoms with van der Waals surface area (Å²) in [4.78, 5) is 24.9. The van der Waals surface area contributed by atoms with Gasteiger partial charge in [-0.25, -0.2) is 0 Å². The summed E-state index contributed by atoms with van der Waals surface area (Å²) in [5, 5.41) is 11.9. The first-order chi connectivity index (χ1) is 8.65. The van der Waals surface area contributed by atoms with Gasteiger partial charge in [-0.3, -0.25) is 9.59 Å². The molecule has 1 rings (SSSR count). The molecule has 0 radical (unpaired) electrons. The van der Waals surface area contributed by atoms with Gasteiger partial charge in [0.25, 0.3) is 5.91 Å². The Kier molecular flexibility index (Phi) is 4.74. The molecule has 1 amide bonds. The second-order valence-electron chi connectivity index (χ2n) is 5.45. The van der Waals surface area contributed by atoms with Gasteiger partial charge in [0.05, 0.1) is 16.8 Å². The third kappa shape index (κ3) is 3.80. The molecule has 4 nitrogen and oxygen atoms in total. The van der Waals surface area contributed by atoms with Gasteiger partial charge in [-0.15, -0.1) is 11.3 Å². The second kappa shape index (κ2) is 5.74. The van der Waals surface area contributed by atoms with Gasteiger partial charge >= 0.3 is 5.97 Å². The molecule has 0 saturated heterocycles. The van der Waals surface area contributed by atoms with Crippen molar-refractivity contribution in [1.82, 2.24) is 5.32 Å². The zero-order valence-corrected chi connectivity index (χ0v) is 12.9. The van der Waals surface area contributed by atoms with E-state index in [9.17, 15) is 9.59 Å². The lowest BCUT2D eigenvalue weighted by molar-refractivity contribution is -0.138. The largest absolute Gasteiger partial charge is 0.481 e. The van der Waals surface area contributed by atoms with Gasteiger partial charge in [0, 0.05) is 4.88 Å². The molecule has 1 aromatic heterocycles. The van der Waals surface area contributed by atoms with Crippen molar-refractivity contribution in [2.24, 2.45) is 5.92 Å². The van der Waals surface area contributed by atoms with Crippen LogP contribution in [0.2, 0.25) is 0 Å². The Morgan fingerprint density at radius 1 is 1.42 bits per heavy atom.